The van der Waals surface area contributed by atoms with E-state index < -0.39 is 0 Å². The molecule has 3 heteroatoms. The van der Waals surface area contributed by atoms with Crippen molar-refractivity contribution in [1.29, 1.82) is 0 Å². The van der Waals surface area contributed by atoms with Crippen LogP contribution in [-0.4, -0.2) is 17.1 Å². The van der Waals surface area contributed by atoms with Gasteiger partial charge in [0.25, 0.3) is 0 Å². The van der Waals surface area contributed by atoms with Crippen LogP contribution in [0.2, 0.25) is 0 Å². The van der Waals surface area contributed by atoms with E-state index in [-0.39, 0.29) is 0 Å². The summed E-state index contributed by atoms with van der Waals surface area (Å²) < 4.78 is 5.02. The van der Waals surface area contributed by atoms with Crippen LogP contribution in [0.5, 0.6) is 6.01 Å². The molecule has 0 fully saturated rings. The molecule has 1 heterocycles. The van der Waals surface area contributed by atoms with Gasteiger partial charge in [-0.05, 0) is 17.5 Å². The third kappa shape index (κ3) is 2.61. The predicted molar refractivity (Wildman–Crippen MR) is 68.1 cm³/mol. The lowest BCUT2D eigenvalue weighted by Crippen LogP contribution is -1.93. The summed E-state index contributed by atoms with van der Waals surface area (Å²) in [5, 5.41) is 0. The van der Waals surface area contributed by atoms with Gasteiger partial charge in [-0.1, -0.05) is 38.1 Å². The second-order valence-electron chi connectivity index (χ2n) is 4.21. The average Bonchev–Trinajstić information content (AvgIpc) is 2.39. The highest BCUT2D eigenvalue weighted by molar-refractivity contribution is 5.59. The Morgan fingerprint density at radius 1 is 1.06 bits per heavy atom. The van der Waals surface area contributed by atoms with E-state index in [0.29, 0.717) is 11.9 Å². The first-order valence-electron chi connectivity index (χ1n) is 5.68. The summed E-state index contributed by atoms with van der Waals surface area (Å²) in [5.74, 6) is 0.545. The number of benzene rings is 1. The van der Waals surface area contributed by atoms with Crippen molar-refractivity contribution in [3.8, 4) is 17.3 Å². The molecule has 0 N–H and O–H groups in total. The fourth-order valence-corrected chi connectivity index (χ4v) is 1.64. The summed E-state index contributed by atoms with van der Waals surface area (Å²) in [5.41, 5.74) is 3.29. The average molecular weight is 228 g/mol. The Kier molecular flexibility index (Phi) is 3.38. The predicted octanol–water partition coefficient (Wildman–Crippen LogP) is 3.28. The lowest BCUT2D eigenvalue weighted by atomic mass is 10.0. The summed E-state index contributed by atoms with van der Waals surface area (Å²) in [6.45, 7) is 4.37. The van der Waals surface area contributed by atoms with Gasteiger partial charge in [0.1, 0.15) is 0 Å². The van der Waals surface area contributed by atoms with E-state index in [9.17, 15) is 0 Å². The lowest BCUT2D eigenvalue weighted by Gasteiger charge is -2.07. The largest absolute Gasteiger partial charge is 0.467 e. The first-order chi connectivity index (χ1) is 8.20. The Balaban J connectivity index is 2.32. The number of nitrogens with zero attached hydrogens (tertiary/aromatic N) is 2. The molecule has 0 saturated carbocycles. The number of ether oxygens (including phenoxy) is 1. The standard InChI is InChI=1S/C14H16N2O/c1-10(2)11-4-6-12(7-5-11)13-8-9-15-14(16-13)17-3/h4-10H,1-3H3. The number of methoxy groups -OCH3 is 1. The van der Waals surface area contributed by atoms with Gasteiger partial charge in [0.2, 0.25) is 0 Å². The zero-order valence-electron chi connectivity index (χ0n) is 10.3. The van der Waals surface area contributed by atoms with Crippen molar-refractivity contribution < 1.29 is 4.74 Å². The fourth-order valence-electron chi connectivity index (χ4n) is 1.64. The third-order valence-electron chi connectivity index (χ3n) is 2.69. The molecule has 0 radical (unpaired) electrons. The molecule has 0 atom stereocenters. The van der Waals surface area contributed by atoms with Gasteiger partial charge < -0.3 is 4.74 Å². The van der Waals surface area contributed by atoms with E-state index >= 15 is 0 Å². The Bertz CT molecular complexity index is 492. The molecule has 0 spiro atoms. The molecule has 0 aliphatic rings. The summed E-state index contributed by atoms with van der Waals surface area (Å²) in [6.07, 6.45) is 1.71. The minimum atomic E-state index is 0.399. The van der Waals surface area contributed by atoms with E-state index in [1.54, 1.807) is 13.3 Å². The molecule has 2 aromatic rings. The molecule has 0 aliphatic carbocycles. The van der Waals surface area contributed by atoms with Crippen molar-refractivity contribution in [3.63, 3.8) is 0 Å². The minimum Gasteiger partial charge on any atom is -0.467 e. The Labute approximate surface area is 102 Å². The molecule has 2 rings (SSSR count). The van der Waals surface area contributed by atoms with Crippen LogP contribution in [0.15, 0.2) is 36.5 Å². The van der Waals surface area contributed by atoms with Crippen LogP contribution in [-0.2, 0) is 0 Å². The van der Waals surface area contributed by atoms with Crippen LogP contribution in [0.1, 0.15) is 25.3 Å². The quantitative estimate of drug-likeness (QED) is 0.808. The maximum Gasteiger partial charge on any atom is 0.316 e. The molecule has 0 amide bonds. The normalized spacial score (nSPS) is 10.6. The Morgan fingerprint density at radius 3 is 2.35 bits per heavy atom. The molecule has 0 saturated heterocycles. The van der Waals surface area contributed by atoms with Crippen molar-refractivity contribution >= 4 is 0 Å². The summed E-state index contributed by atoms with van der Waals surface area (Å²) in [6, 6.07) is 10.7. The molecule has 88 valence electrons. The summed E-state index contributed by atoms with van der Waals surface area (Å²) >= 11 is 0. The van der Waals surface area contributed by atoms with Crippen LogP contribution in [0.4, 0.5) is 0 Å². The van der Waals surface area contributed by atoms with Crippen molar-refractivity contribution in [2.75, 3.05) is 7.11 Å². The molecule has 3 nitrogen and oxygen atoms in total. The van der Waals surface area contributed by atoms with Gasteiger partial charge in [-0.3, -0.25) is 0 Å². The maximum atomic E-state index is 5.02. The monoisotopic (exact) mass is 228 g/mol. The molecule has 1 aromatic heterocycles. The van der Waals surface area contributed by atoms with Gasteiger partial charge in [0.15, 0.2) is 0 Å². The summed E-state index contributed by atoms with van der Waals surface area (Å²) in [4.78, 5) is 8.30. The van der Waals surface area contributed by atoms with Gasteiger partial charge in [0, 0.05) is 11.8 Å². The van der Waals surface area contributed by atoms with Gasteiger partial charge in [-0.25, -0.2) is 4.98 Å². The highest BCUT2D eigenvalue weighted by Crippen LogP contribution is 2.21. The second-order valence-corrected chi connectivity index (χ2v) is 4.21. The smallest absolute Gasteiger partial charge is 0.316 e. The summed E-state index contributed by atoms with van der Waals surface area (Å²) in [7, 11) is 1.57. The molecule has 0 unspecified atom stereocenters. The molecule has 0 bridgehead atoms. The van der Waals surface area contributed by atoms with Crippen LogP contribution in [0, 0.1) is 0 Å². The topological polar surface area (TPSA) is 35.0 Å². The Morgan fingerprint density at radius 2 is 1.76 bits per heavy atom. The number of aromatic nitrogens is 2. The highest BCUT2D eigenvalue weighted by Gasteiger charge is 2.03. The van der Waals surface area contributed by atoms with E-state index in [1.807, 2.05) is 6.07 Å². The highest BCUT2D eigenvalue weighted by atomic mass is 16.5. The van der Waals surface area contributed by atoms with Gasteiger partial charge in [-0.2, -0.15) is 4.98 Å². The van der Waals surface area contributed by atoms with Crippen molar-refractivity contribution in [1.82, 2.24) is 9.97 Å². The Hall–Kier alpha value is -1.90. The number of hydrogen-bond acceptors (Lipinski definition) is 3. The van der Waals surface area contributed by atoms with Crippen LogP contribution in [0.25, 0.3) is 11.3 Å². The van der Waals surface area contributed by atoms with Gasteiger partial charge in [0.05, 0.1) is 12.8 Å². The first kappa shape index (κ1) is 11.6. The van der Waals surface area contributed by atoms with E-state index in [0.717, 1.165) is 11.3 Å². The third-order valence-corrected chi connectivity index (χ3v) is 2.69. The maximum absolute atomic E-state index is 5.02. The van der Waals surface area contributed by atoms with Crippen molar-refractivity contribution in [2.24, 2.45) is 0 Å². The number of rotatable bonds is 3. The molecule has 17 heavy (non-hydrogen) atoms. The van der Waals surface area contributed by atoms with Crippen molar-refractivity contribution in [2.45, 2.75) is 19.8 Å². The zero-order chi connectivity index (χ0) is 12.3. The van der Waals surface area contributed by atoms with E-state index in [4.69, 9.17) is 4.74 Å². The van der Waals surface area contributed by atoms with Gasteiger partial charge in [-0.15, -0.1) is 0 Å². The second kappa shape index (κ2) is 4.95. The molecular formula is C14H16N2O. The SMILES string of the molecule is COc1nccc(-c2ccc(C(C)C)cc2)n1. The van der Waals surface area contributed by atoms with Crippen LogP contribution in [0.3, 0.4) is 0 Å². The van der Waals surface area contributed by atoms with Gasteiger partial charge >= 0.3 is 6.01 Å². The fraction of sp³-hybridized carbons (Fsp3) is 0.286. The van der Waals surface area contributed by atoms with E-state index in [1.165, 1.54) is 5.56 Å². The molecule has 0 aliphatic heterocycles. The lowest BCUT2D eigenvalue weighted by molar-refractivity contribution is 0.380. The number of hydrogen-bond donors (Lipinski definition) is 0. The molecule has 1 aromatic carbocycles. The minimum absolute atomic E-state index is 0.399. The zero-order valence-corrected chi connectivity index (χ0v) is 10.3. The first-order valence-corrected chi connectivity index (χ1v) is 5.68. The van der Waals surface area contributed by atoms with Crippen molar-refractivity contribution in [3.05, 3.63) is 42.1 Å². The van der Waals surface area contributed by atoms with Crippen LogP contribution < -0.4 is 4.74 Å². The van der Waals surface area contributed by atoms with E-state index in [2.05, 4.69) is 48.1 Å². The molecular weight excluding hydrogens is 212 g/mol. The van der Waals surface area contributed by atoms with Crippen LogP contribution >= 0.6 is 0 Å².